The minimum atomic E-state index is -4.48. The SMILES string of the molecule is CN(C)C1CCN(C(=O)N2CCC(n3ncc(C(=O)N4CCCC4c4ccccc4C(F)(F)F)c3C3CC3)CC2)CC1. The Morgan fingerprint density at radius 2 is 1.52 bits per heavy atom. The number of rotatable bonds is 5. The average molecular weight is 587 g/mol. The number of hydrogen-bond donors (Lipinski definition) is 0. The van der Waals surface area contributed by atoms with Gasteiger partial charge in [0.25, 0.3) is 5.91 Å². The molecular formula is C31H41F3N6O2. The van der Waals surface area contributed by atoms with Gasteiger partial charge in [-0.05, 0) is 77.1 Å². The minimum absolute atomic E-state index is 0.0889. The van der Waals surface area contributed by atoms with E-state index < -0.39 is 17.8 Å². The summed E-state index contributed by atoms with van der Waals surface area (Å²) in [5, 5.41) is 4.70. The van der Waals surface area contributed by atoms with Crippen LogP contribution in [0.3, 0.4) is 0 Å². The van der Waals surface area contributed by atoms with E-state index in [4.69, 9.17) is 5.10 Å². The summed E-state index contributed by atoms with van der Waals surface area (Å²) in [7, 11) is 4.18. The van der Waals surface area contributed by atoms with Gasteiger partial charge in [0.15, 0.2) is 0 Å². The van der Waals surface area contributed by atoms with Crippen LogP contribution < -0.4 is 0 Å². The van der Waals surface area contributed by atoms with Gasteiger partial charge in [-0.15, -0.1) is 0 Å². The van der Waals surface area contributed by atoms with Crippen molar-refractivity contribution in [1.29, 1.82) is 0 Å². The molecule has 1 saturated carbocycles. The Bertz CT molecular complexity index is 1290. The summed E-state index contributed by atoms with van der Waals surface area (Å²) in [6.07, 6.45) is 3.79. The van der Waals surface area contributed by atoms with Crippen LogP contribution in [0.15, 0.2) is 30.5 Å². The summed E-state index contributed by atoms with van der Waals surface area (Å²) in [5.74, 6) is 0.0176. The van der Waals surface area contributed by atoms with Crippen molar-refractivity contribution in [2.75, 3.05) is 46.8 Å². The van der Waals surface area contributed by atoms with Crippen molar-refractivity contribution in [2.45, 2.75) is 81.6 Å². The smallest absolute Gasteiger partial charge is 0.331 e. The van der Waals surface area contributed by atoms with E-state index in [1.54, 1.807) is 17.2 Å². The highest BCUT2D eigenvalue weighted by atomic mass is 19.4. The third-order valence-electron chi connectivity index (χ3n) is 9.71. The Balaban J connectivity index is 1.15. The van der Waals surface area contributed by atoms with Crippen molar-refractivity contribution in [3.05, 3.63) is 52.8 Å². The fraction of sp³-hybridized carbons (Fsp3) is 0.645. The molecule has 1 unspecified atom stereocenters. The number of nitrogens with zero attached hydrogens (tertiary/aromatic N) is 6. The highest BCUT2D eigenvalue weighted by Crippen LogP contribution is 2.45. The van der Waals surface area contributed by atoms with Crippen molar-refractivity contribution in [3.8, 4) is 0 Å². The van der Waals surface area contributed by atoms with Crippen LogP contribution in [-0.4, -0.2) is 94.2 Å². The number of halogens is 3. The number of carbonyl (C=O) groups is 2. The molecule has 3 saturated heterocycles. The van der Waals surface area contributed by atoms with Gasteiger partial charge in [0.1, 0.15) is 0 Å². The first-order valence-corrected chi connectivity index (χ1v) is 15.4. The fourth-order valence-electron chi connectivity index (χ4n) is 7.20. The molecule has 11 heteroatoms. The largest absolute Gasteiger partial charge is 0.416 e. The topological polar surface area (TPSA) is 64.9 Å². The van der Waals surface area contributed by atoms with E-state index in [1.165, 1.54) is 12.1 Å². The standard InChI is InChI=1S/C31H41F3N6O2/c1-36(2)22-11-16-37(17-12-22)30(42)38-18-13-23(14-19-38)40-28(21-9-10-21)25(20-35-40)29(41)39-15-5-8-27(39)24-6-3-4-7-26(24)31(32,33)34/h3-4,6-7,20-23,27H,5,8-19H2,1-2H3. The van der Waals surface area contributed by atoms with E-state index in [-0.39, 0.29) is 29.5 Å². The van der Waals surface area contributed by atoms with Crippen LogP contribution in [0.4, 0.5) is 18.0 Å². The van der Waals surface area contributed by atoms with Gasteiger partial charge in [0, 0.05) is 44.7 Å². The highest BCUT2D eigenvalue weighted by molar-refractivity contribution is 5.96. The lowest BCUT2D eigenvalue weighted by molar-refractivity contribution is -0.138. The van der Waals surface area contributed by atoms with Crippen LogP contribution in [0.2, 0.25) is 0 Å². The summed E-state index contributed by atoms with van der Waals surface area (Å²) >= 11 is 0. The molecule has 0 N–H and O–H groups in total. The highest BCUT2D eigenvalue weighted by Gasteiger charge is 2.42. The number of hydrogen-bond acceptors (Lipinski definition) is 4. The van der Waals surface area contributed by atoms with Crippen molar-refractivity contribution < 1.29 is 22.8 Å². The van der Waals surface area contributed by atoms with E-state index in [2.05, 4.69) is 19.0 Å². The van der Waals surface area contributed by atoms with Crippen molar-refractivity contribution in [3.63, 3.8) is 0 Å². The predicted octanol–water partition coefficient (Wildman–Crippen LogP) is 5.54. The first kappa shape index (κ1) is 29.0. The fourth-order valence-corrected chi connectivity index (χ4v) is 7.20. The Morgan fingerprint density at radius 3 is 2.14 bits per heavy atom. The summed E-state index contributed by atoms with van der Waals surface area (Å²) in [6, 6.07) is 5.73. The second-order valence-electron chi connectivity index (χ2n) is 12.6. The van der Waals surface area contributed by atoms with Crippen molar-refractivity contribution in [2.24, 2.45) is 0 Å². The minimum Gasteiger partial charge on any atom is -0.331 e. The van der Waals surface area contributed by atoms with Crippen LogP contribution >= 0.6 is 0 Å². The van der Waals surface area contributed by atoms with Gasteiger partial charge in [0.05, 0.1) is 35.1 Å². The molecule has 42 heavy (non-hydrogen) atoms. The number of benzene rings is 1. The molecule has 0 bridgehead atoms. The number of aromatic nitrogens is 2. The first-order valence-electron chi connectivity index (χ1n) is 15.4. The van der Waals surface area contributed by atoms with Gasteiger partial charge < -0.3 is 19.6 Å². The molecule has 0 radical (unpaired) electrons. The number of piperidine rings is 2. The monoisotopic (exact) mass is 586 g/mol. The van der Waals surface area contributed by atoms with Crippen LogP contribution in [-0.2, 0) is 6.18 Å². The van der Waals surface area contributed by atoms with Crippen molar-refractivity contribution >= 4 is 11.9 Å². The summed E-state index contributed by atoms with van der Waals surface area (Å²) in [6.45, 7) is 3.28. The summed E-state index contributed by atoms with van der Waals surface area (Å²) in [5.41, 5.74) is 0.942. The average Bonchev–Trinajstić information content (AvgIpc) is 3.53. The lowest BCUT2D eigenvalue weighted by atomic mass is 9.97. The van der Waals surface area contributed by atoms with Crippen LogP contribution in [0.25, 0.3) is 0 Å². The number of amides is 3. The third kappa shape index (κ3) is 5.64. The number of likely N-dealkylation sites (tertiary alicyclic amines) is 3. The molecule has 6 rings (SSSR count). The van der Waals surface area contributed by atoms with Crippen LogP contribution in [0.5, 0.6) is 0 Å². The van der Waals surface area contributed by atoms with Gasteiger partial charge in [0.2, 0.25) is 0 Å². The molecule has 4 aliphatic rings. The van der Waals surface area contributed by atoms with E-state index in [1.807, 2.05) is 14.5 Å². The number of carbonyl (C=O) groups excluding carboxylic acids is 2. The second-order valence-corrected chi connectivity index (χ2v) is 12.6. The molecular weight excluding hydrogens is 545 g/mol. The Kier molecular flexibility index (Phi) is 7.97. The predicted molar refractivity (Wildman–Crippen MR) is 152 cm³/mol. The summed E-state index contributed by atoms with van der Waals surface area (Å²) < 4.78 is 43.5. The van der Waals surface area contributed by atoms with Gasteiger partial charge in [-0.25, -0.2) is 4.79 Å². The Labute approximate surface area is 245 Å². The lowest BCUT2D eigenvalue weighted by Crippen LogP contribution is -2.51. The molecule has 2 aromatic rings. The zero-order chi connectivity index (χ0) is 29.6. The van der Waals surface area contributed by atoms with Crippen molar-refractivity contribution in [1.82, 2.24) is 29.4 Å². The molecule has 1 aliphatic carbocycles. The number of alkyl halides is 3. The molecule has 4 heterocycles. The Hall–Kier alpha value is -3.08. The molecule has 8 nitrogen and oxygen atoms in total. The van der Waals surface area contributed by atoms with Gasteiger partial charge >= 0.3 is 12.2 Å². The maximum Gasteiger partial charge on any atom is 0.416 e. The quantitative estimate of drug-likeness (QED) is 0.462. The summed E-state index contributed by atoms with van der Waals surface area (Å²) in [4.78, 5) is 35.0. The molecule has 3 aliphatic heterocycles. The Morgan fingerprint density at radius 1 is 0.881 bits per heavy atom. The van der Waals surface area contributed by atoms with Crippen LogP contribution in [0, 0.1) is 0 Å². The molecule has 228 valence electrons. The zero-order valence-corrected chi connectivity index (χ0v) is 24.5. The molecule has 1 aromatic carbocycles. The third-order valence-corrected chi connectivity index (χ3v) is 9.71. The van der Waals surface area contributed by atoms with E-state index in [9.17, 15) is 22.8 Å². The molecule has 1 atom stereocenters. The molecule has 4 fully saturated rings. The normalized spacial score (nSPS) is 22.8. The first-order chi connectivity index (χ1) is 20.1. The van der Waals surface area contributed by atoms with Gasteiger partial charge in [-0.2, -0.15) is 18.3 Å². The van der Waals surface area contributed by atoms with E-state index in [0.29, 0.717) is 44.1 Å². The molecule has 3 amide bonds. The second kappa shape index (κ2) is 11.5. The van der Waals surface area contributed by atoms with Gasteiger partial charge in [-0.1, -0.05) is 18.2 Å². The maximum atomic E-state index is 14.0. The molecule has 0 spiro atoms. The van der Waals surface area contributed by atoms with Crippen LogP contribution in [0.1, 0.15) is 96.5 Å². The molecule has 1 aromatic heterocycles. The number of urea groups is 1. The zero-order valence-electron chi connectivity index (χ0n) is 24.5. The maximum absolute atomic E-state index is 14.0. The van der Waals surface area contributed by atoms with Gasteiger partial charge in [-0.3, -0.25) is 9.48 Å². The van der Waals surface area contributed by atoms with E-state index in [0.717, 1.165) is 63.4 Å². The van der Waals surface area contributed by atoms with E-state index >= 15 is 0 Å². The lowest BCUT2D eigenvalue weighted by Gasteiger charge is -2.40.